The van der Waals surface area contributed by atoms with Gasteiger partial charge in [-0.2, -0.15) is 0 Å². The average molecular weight is 411 g/mol. The van der Waals surface area contributed by atoms with Crippen molar-refractivity contribution in [3.8, 4) is 0 Å². The Kier molecular flexibility index (Phi) is 6.16. The van der Waals surface area contributed by atoms with Crippen molar-refractivity contribution in [2.24, 2.45) is 4.74 Å². The number of nitrogens with zero attached hydrogens (tertiary/aromatic N) is 2. The van der Waals surface area contributed by atoms with E-state index in [9.17, 15) is 0 Å². The molecule has 0 radical (unpaired) electrons. The summed E-state index contributed by atoms with van der Waals surface area (Å²) in [5.41, 5.74) is 0.762. The van der Waals surface area contributed by atoms with Gasteiger partial charge in [-0.15, -0.1) is 0 Å². The summed E-state index contributed by atoms with van der Waals surface area (Å²) in [6.07, 6.45) is 0. The van der Waals surface area contributed by atoms with Gasteiger partial charge in [0.1, 0.15) is 0 Å². The molecule has 140 valence electrons. The molecule has 1 saturated heterocycles. The molecule has 1 aliphatic rings. The number of rotatable bonds is 3. The highest BCUT2D eigenvalue weighted by atomic mass is 35.5. The van der Waals surface area contributed by atoms with Crippen LogP contribution in [0.2, 0.25) is 10.0 Å². The fraction of sp³-hybridized carbons (Fsp3) is 0.400. The first-order valence-electron chi connectivity index (χ1n) is 8.81. The lowest BCUT2D eigenvalue weighted by Crippen LogP contribution is -2.42. The number of ether oxygens (including phenoxy) is 1. The van der Waals surface area contributed by atoms with E-state index in [0.29, 0.717) is 10.0 Å². The largest absolute Gasteiger partial charge is 0.379 e. The summed E-state index contributed by atoms with van der Waals surface area (Å²) in [7, 11) is -2.14. The van der Waals surface area contributed by atoms with E-state index in [2.05, 4.69) is 49.7 Å². The molecule has 3 nitrogen and oxygen atoms in total. The molecule has 1 heterocycles. The van der Waals surface area contributed by atoms with E-state index in [4.69, 9.17) is 32.7 Å². The molecule has 1 atom stereocenters. The second kappa shape index (κ2) is 8.04. The van der Waals surface area contributed by atoms with Crippen LogP contribution in [-0.4, -0.2) is 36.1 Å². The minimum atomic E-state index is -2.14. The molecule has 2 aromatic carbocycles. The van der Waals surface area contributed by atoms with E-state index in [1.165, 1.54) is 5.30 Å². The lowest BCUT2D eigenvalue weighted by molar-refractivity contribution is 0.0738. The standard InChI is InChI=1S/C20H25Cl2N2OP/c1-20(2,3)26(17-7-5-4-6-8-17,24-11-13-25-14-12-24)23-19-15-16(21)9-10-18(19)22/h4-10,15H,11-14H2,1-3H3/t26-/m1/s1. The quantitative estimate of drug-likeness (QED) is 0.562. The van der Waals surface area contributed by atoms with E-state index in [0.717, 1.165) is 32.0 Å². The van der Waals surface area contributed by atoms with E-state index in [1.54, 1.807) is 6.07 Å². The summed E-state index contributed by atoms with van der Waals surface area (Å²) in [6, 6.07) is 16.1. The fourth-order valence-electron chi connectivity index (χ4n) is 3.44. The van der Waals surface area contributed by atoms with Crippen LogP contribution in [0.5, 0.6) is 0 Å². The van der Waals surface area contributed by atoms with Crippen molar-refractivity contribution < 1.29 is 4.74 Å². The maximum Gasteiger partial charge on any atom is 0.0834 e. The molecule has 0 bridgehead atoms. The third kappa shape index (κ3) is 3.88. The van der Waals surface area contributed by atoms with E-state index < -0.39 is 7.21 Å². The van der Waals surface area contributed by atoms with Crippen molar-refractivity contribution in [1.82, 2.24) is 4.67 Å². The molecular formula is C20H25Cl2N2OP. The monoisotopic (exact) mass is 410 g/mol. The molecule has 2 aromatic rings. The molecule has 0 unspecified atom stereocenters. The topological polar surface area (TPSA) is 24.8 Å². The number of benzene rings is 2. The first-order valence-corrected chi connectivity index (χ1v) is 11.3. The normalized spacial score (nSPS) is 18.3. The van der Waals surface area contributed by atoms with Gasteiger partial charge in [0.15, 0.2) is 0 Å². The van der Waals surface area contributed by atoms with Crippen molar-refractivity contribution >= 4 is 41.4 Å². The third-order valence-electron chi connectivity index (χ3n) is 4.61. The number of hydrogen-bond donors (Lipinski definition) is 0. The predicted octanol–water partition coefficient (Wildman–Crippen LogP) is 6.20. The highest BCUT2D eigenvalue weighted by Crippen LogP contribution is 2.64. The van der Waals surface area contributed by atoms with Gasteiger partial charge in [0.25, 0.3) is 0 Å². The van der Waals surface area contributed by atoms with Crippen molar-refractivity contribution in [2.75, 3.05) is 26.3 Å². The molecule has 0 spiro atoms. The Balaban J connectivity index is 2.33. The highest BCUT2D eigenvalue weighted by Gasteiger charge is 2.41. The zero-order chi connectivity index (χ0) is 18.8. The Morgan fingerprint density at radius 3 is 2.27 bits per heavy atom. The molecular weight excluding hydrogens is 386 g/mol. The van der Waals surface area contributed by atoms with Gasteiger partial charge in [-0.05, 0) is 18.2 Å². The molecule has 6 heteroatoms. The van der Waals surface area contributed by atoms with Crippen molar-refractivity contribution in [2.45, 2.75) is 25.9 Å². The van der Waals surface area contributed by atoms with Gasteiger partial charge in [-0.25, -0.2) is 4.74 Å². The first kappa shape index (κ1) is 19.9. The summed E-state index contributed by atoms with van der Waals surface area (Å²) in [4.78, 5) is 0. The average Bonchev–Trinajstić information content (AvgIpc) is 2.63. The summed E-state index contributed by atoms with van der Waals surface area (Å²) in [5.74, 6) is 0. The van der Waals surface area contributed by atoms with E-state index >= 15 is 0 Å². The minimum Gasteiger partial charge on any atom is -0.379 e. The second-order valence-corrected chi connectivity index (χ2v) is 12.0. The second-order valence-electron chi connectivity index (χ2n) is 7.37. The molecule has 0 amide bonds. The molecule has 0 N–H and O–H groups in total. The smallest absolute Gasteiger partial charge is 0.0834 e. The zero-order valence-electron chi connectivity index (χ0n) is 15.5. The van der Waals surface area contributed by atoms with Crippen LogP contribution in [0.3, 0.4) is 0 Å². The minimum absolute atomic E-state index is 0.0721. The zero-order valence-corrected chi connectivity index (χ0v) is 17.9. The summed E-state index contributed by atoms with van der Waals surface area (Å²) >= 11 is 12.8. The lowest BCUT2D eigenvalue weighted by Gasteiger charge is -2.47. The Morgan fingerprint density at radius 1 is 1.00 bits per heavy atom. The number of halogens is 2. The van der Waals surface area contributed by atoms with Crippen molar-refractivity contribution in [1.29, 1.82) is 0 Å². The van der Waals surface area contributed by atoms with Gasteiger partial charge in [-0.3, -0.25) is 4.67 Å². The maximum atomic E-state index is 6.50. The maximum absolute atomic E-state index is 6.50. The Hall–Kier alpha value is -0.830. The Labute approximate surface area is 166 Å². The molecule has 0 saturated carbocycles. The van der Waals surface area contributed by atoms with Crippen LogP contribution in [0.25, 0.3) is 0 Å². The van der Waals surface area contributed by atoms with E-state index in [-0.39, 0.29) is 5.16 Å². The fourth-order valence-corrected chi connectivity index (χ4v) is 8.13. The van der Waals surface area contributed by atoms with Crippen LogP contribution >= 0.6 is 30.4 Å². The molecule has 0 aliphatic carbocycles. The first-order chi connectivity index (χ1) is 12.3. The number of hydrogen-bond acceptors (Lipinski definition) is 2. The molecule has 1 aliphatic heterocycles. The SMILES string of the molecule is CC(C)(C)[P@@](=Nc1cc(Cl)ccc1Cl)(c1ccccc1)N1CCOCC1. The van der Waals surface area contributed by atoms with Crippen LogP contribution in [0.1, 0.15) is 20.8 Å². The summed E-state index contributed by atoms with van der Waals surface area (Å²) in [5, 5.41) is 2.46. The van der Waals surface area contributed by atoms with Crippen molar-refractivity contribution in [3.05, 3.63) is 58.6 Å². The van der Waals surface area contributed by atoms with Gasteiger partial charge in [0.2, 0.25) is 0 Å². The lowest BCUT2D eigenvalue weighted by atomic mass is 10.3. The highest BCUT2D eigenvalue weighted by molar-refractivity contribution is 7.73. The van der Waals surface area contributed by atoms with Crippen LogP contribution in [0.15, 0.2) is 53.3 Å². The van der Waals surface area contributed by atoms with Crippen LogP contribution in [0.4, 0.5) is 5.69 Å². The molecule has 0 aromatic heterocycles. The van der Waals surface area contributed by atoms with E-state index in [1.807, 2.05) is 18.2 Å². The van der Waals surface area contributed by atoms with Crippen LogP contribution in [-0.2, 0) is 4.74 Å². The van der Waals surface area contributed by atoms with Crippen molar-refractivity contribution in [3.63, 3.8) is 0 Å². The molecule has 1 fully saturated rings. The van der Waals surface area contributed by atoms with Crippen LogP contribution < -0.4 is 5.30 Å². The Bertz CT molecular complexity index is 812. The third-order valence-corrected chi connectivity index (χ3v) is 9.78. The molecule has 26 heavy (non-hydrogen) atoms. The van der Waals surface area contributed by atoms with Gasteiger partial charge in [-0.1, -0.05) is 74.3 Å². The van der Waals surface area contributed by atoms with Gasteiger partial charge in [0.05, 0.1) is 31.1 Å². The van der Waals surface area contributed by atoms with Gasteiger partial charge < -0.3 is 4.74 Å². The molecule has 3 rings (SSSR count). The van der Waals surface area contributed by atoms with Gasteiger partial charge >= 0.3 is 0 Å². The predicted molar refractivity (Wildman–Crippen MR) is 114 cm³/mol. The van der Waals surface area contributed by atoms with Crippen LogP contribution in [0, 0.1) is 0 Å². The number of morpholine rings is 1. The summed E-state index contributed by atoms with van der Waals surface area (Å²) < 4.78 is 13.5. The van der Waals surface area contributed by atoms with Gasteiger partial charge in [0, 0.05) is 28.6 Å². The Morgan fingerprint density at radius 2 is 1.65 bits per heavy atom. The summed E-state index contributed by atoms with van der Waals surface area (Å²) in [6.45, 7) is 9.98.